The average molecular weight is 410 g/mol. The minimum atomic E-state index is -1.08. The van der Waals surface area contributed by atoms with Gasteiger partial charge in [-0.05, 0) is 36.1 Å². The van der Waals surface area contributed by atoms with Crippen LogP contribution in [0.5, 0.6) is 0 Å². The van der Waals surface area contributed by atoms with Crippen LogP contribution in [0.15, 0.2) is 48.5 Å². The molecule has 0 aliphatic heterocycles. The third-order valence-corrected chi connectivity index (χ3v) is 5.52. The molecule has 3 rings (SSSR count). The Morgan fingerprint density at radius 3 is 2.10 bits per heavy atom. The molecule has 2 atom stereocenters. The number of aliphatic carboxylic acids is 1. The van der Waals surface area contributed by atoms with Crippen molar-refractivity contribution in [3.8, 4) is 11.1 Å². The highest BCUT2D eigenvalue weighted by Crippen LogP contribution is 2.44. The summed E-state index contributed by atoms with van der Waals surface area (Å²) in [7, 11) is 1.43. The highest BCUT2D eigenvalue weighted by atomic mass is 16.5. The van der Waals surface area contributed by atoms with Gasteiger partial charge in [-0.1, -0.05) is 48.5 Å². The van der Waals surface area contributed by atoms with E-state index in [1.807, 2.05) is 36.4 Å². The molecule has 1 aliphatic rings. The second-order valence-corrected chi connectivity index (χ2v) is 7.59. The summed E-state index contributed by atoms with van der Waals surface area (Å²) in [6.07, 6.45) is -0.621. The molecular formula is C23H26N2O5. The summed E-state index contributed by atoms with van der Waals surface area (Å²) in [6.45, 7) is 3.30. The smallest absolute Gasteiger partial charge is 0.407 e. The standard InChI is InChI=1S/C23H26N2O5/c1-14(12-21(26)25(3)15(2)22(27)28)24-23(29)30-13-20-18-10-6-4-8-16(18)17-9-5-7-11-19(17)20/h4-11,14-15,20H,12-13H2,1-3H3,(H,24,29)(H,27,28)/t14-,15?/m1/s1. The van der Waals surface area contributed by atoms with Gasteiger partial charge >= 0.3 is 12.1 Å². The summed E-state index contributed by atoms with van der Waals surface area (Å²) in [5.41, 5.74) is 4.55. The summed E-state index contributed by atoms with van der Waals surface area (Å²) >= 11 is 0. The zero-order valence-corrected chi connectivity index (χ0v) is 17.3. The fourth-order valence-electron chi connectivity index (χ4n) is 3.68. The van der Waals surface area contributed by atoms with E-state index in [-0.39, 0.29) is 24.9 Å². The molecule has 0 bridgehead atoms. The van der Waals surface area contributed by atoms with Crippen LogP contribution in [-0.4, -0.2) is 53.7 Å². The predicted molar refractivity (Wildman–Crippen MR) is 112 cm³/mol. The van der Waals surface area contributed by atoms with Gasteiger partial charge in [0.25, 0.3) is 0 Å². The lowest BCUT2D eigenvalue weighted by Gasteiger charge is -2.23. The average Bonchev–Trinajstić information content (AvgIpc) is 3.04. The first-order valence-electron chi connectivity index (χ1n) is 9.89. The summed E-state index contributed by atoms with van der Waals surface area (Å²) in [6, 6.07) is 14.7. The number of nitrogens with one attached hydrogen (secondary N) is 1. The van der Waals surface area contributed by atoms with Crippen molar-refractivity contribution in [2.45, 2.75) is 38.3 Å². The maximum absolute atomic E-state index is 12.3. The minimum absolute atomic E-state index is 0.0156. The molecule has 7 nitrogen and oxygen atoms in total. The van der Waals surface area contributed by atoms with Gasteiger partial charge in [-0.2, -0.15) is 0 Å². The van der Waals surface area contributed by atoms with Crippen molar-refractivity contribution in [3.05, 3.63) is 59.7 Å². The number of carbonyl (C=O) groups excluding carboxylic acids is 2. The largest absolute Gasteiger partial charge is 0.480 e. The summed E-state index contributed by atoms with van der Waals surface area (Å²) in [4.78, 5) is 36.6. The number of carbonyl (C=O) groups is 3. The fourth-order valence-corrected chi connectivity index (χ4v) is 3.68. The Labute approximate surface area is 175 Å². The number of carboxylic acid groups (broad SMARTS) is 1. The lowest BCUT2D eigenvalue weighted by Crippen LogP contribution is -2.43. The van der Waals surface area contributed by atoms with Crippen molar-refractivity contribution >= 4 is 18.0 Å². The molecule has 2 amide bonds. The molecule has 158 valence electrons. The van der Waals surface area contributed by atoms with Gasteiger partial charge < -0.3 is 20.1 Å². The maximum atomic E-state index is 12.3. The number of likely N-dealkylation sites (N-methyl/N-ethyl adjacent to an activating group) is 1. The number of benzene rings is 2. The Kier molecular flexibility index (Phi) is 6.40. The van der Waals surface area contributed by atoms with Crippen LogP contribution in [0.1, 0.15) is 37.3 Å². The molecule has 0 spiro atoms. The molecule has 1 aliphatic carbocycles. The Hall–Kier alpha value is -3.35. The Bertz CT molecular complexity index is 913. The Morgan fingerprint density at radius 1 is 1.03 bits per heavy atom. The monoisotopic (exact) mass is 410 g/mol. The number of rotatable bonds is 7. The lowest BCUT2D eigenvalue weighted by atomic mass is 9.98. The third-order valence-electron chi connectivity index (χ3n) is 5.52. The van der Waals surface area contributed by atoms with Gasteiger partial charge in [-0.3, -0.25) is 4.79 Å². The molecule has 0 heterocycles. The van der Waals surface area contributed by atoms with Gasteiger partial charge in [0.2, 0.25) is 5.91 Å². The zero-order valence-electron chi connectivity index (χ0n) is 17.3. The first-order chi connectivity index (χ1) is 14.3. The van der Waals surface area contributed by atoms with Gasteiger partial charge in [0.15, 0.2) is 0 Å². The number of carboxylic acids is 1. The quantitative estimate of drug-likeness (QED) is 0.731. The molecular weight excluding hydrogens is 384 g/mol. The van der Waals surface area contributed by atoms with Gasteiger partial charge in [0.1, 0.15) is 12.6 Å². The summed E-state index contributed by atoms with van der Waals surface area (Å²) in [5, 5.41) is 11.7. The molecule has 2 N–H and O–H groups in total. The van der Waals surface area contributed by atoms with Crippen LogP contribution in [0, 0.1) is 0 Å². The molecule has 1 unspecified atom stereocenters. The zero-order chi connectivity index (χ0) is 21.8. The number of amides is 2. The molecule has 7 heteroatoms. The number of fused-ring (bicyclic) bond motifs is 3. The van der Waals surface area contributed by atoms with E-state index in [1.54, 1.807) is 6.92 Å². The molecule has 0 radical (unpaired) electrons. The van der Waals surface area contributed by atoms with Crippen molar-refractivity contribution in [1.82, 2.24) is 10.2 Å². The number of alkyl carbamates (subject to hydrolysis) is 1. The number of ether oxygens (including phenoxy) is 1. The van der Waals surface area contributed by atoms with E-state index >= 15 is 0 Å². The van der Waals surface area contributed by atoms with Crippen LogP contribution < -0.4 is 5.32 Å². The lowest BCUT2D eigenvalue weighted by molar-refractivity contribution is -0.148. The maximum Gasteiger partial charge on any atom is 0.407 e. The summed E-state index contributed by atoms with van der Waals surface area (Å²) < 4.78 is 5.47. The fraction of sp³-hybridized carbons (Fsp3) is 0.348. The highest BCUT2D eigenvalue weighted by Gasteiger charge is 2.29. The SMILES string of the molecule is CC(C(=O)O)N(C)C(=O)C[C@@H](C)NC(=O)OCC1c2ccccc2-c2ccccc21. The van der Waals surface area contributed by atoms with Crippen molar-refractivity contribution < 1.29 is 24.2 Å². The summed E-state index contributed by atoms with van der Waals surface area (Å²) in [5.74, 6) is -1.48. The first kappa shape index (κ1) is 21.4. The predicted octanol–water partition coefficient (Wildman–Crippen LogP) is 3.24. The first-order valence-corrected chi connectivity index (χ1v) is 9.89. The van der Waals surface area contributed by atoms with Gasteiger partial charge in [0.05, 0.1) is 0 Å². The molecule has 0 aromatic heterocycles. The van der Waals surface area contributed by atoms with E-state index in [0.29, 0.717) is 0 Å². The second-order valence-electron chi connectivity index (χ2n) is 7.59. The minimum Gasteiger partial charge on any atom is -0.480 e. The van der Waals surface area contributed by atoms with Gasteiger partial charge in [0, 0.05) is 25.4 Å². The number of nitrogens with zero attached hydrogens (tertiary/aromatic N) is 1. The van der Waals surface area contributed by atoms with Crippen LogP contribution in [0.25, 0.3) is 11.1 Å². The second kappa shape index (κ2) is 8.98. The van der Waals surface area contributed by atoms with E-state index in [0.717, 1.165) is 27.2 Å². The van der Waals surface area contributed by atoms with E-state index < -0.39 is 24.1 Å². The number of hydrogen-bond acceptors (Lipinski definition) is 4. The Morgan fingerprint density at radius 2 is 1.57 bits per heavy atom. The molecule has 2 aromatic rings. The molecule has 2 aromatic carbocycles. The van der Waals surface area contributed by atoms with E-state index in [1.165, 1.54) is 14.0 Å². The van der Waals surface area contributed by atoms with Crippen molar-refractivity contribution in [2.75, 3.05) is 13.7 Å². The third kappa shape index (κ3) is 4.45. The van der Waals surface area contributed by atoms with Crippen molar-refractivity contribution in [3.63, 3.8) is 0 Å². The molecule has 0 fully saturated rings. The Balaban J connectivity index is 1.56. The van der Waals surface area contributed by atoms with Crippen molar-refractivity contribution in [1.29, 1.82) is 0 Å². The normalized spacial score (nSPS) is 14.2. The van der Waals surface area contributed by atoms with E-state index in [9.17, 15) is 14.4 Å². The van der Waals surface area contributed by atoms with Crippen LogP contribution >= 0.6 is 0 Å². The molecule has 30 heavy (non-hydrogen) atoms. The van der Waals surface area contributed by atoms with Gasteiger partial charge in [-0.25, -0.2) is 9.59 Å². The highest BCUT2D eigenvalue weighted by molar-refractivity contribution is 5.84. The van der Waals surface area contributed by atoms with Crippen LogP contribution in [-0.2, 0) is 14.3 Å². The van der Waals surface area contributed by atoms with E-state index in [4.69, 9.17) is 9.84 Å². The van der Waals surface area contributed by atoms with Crippen LogP contribution in [0.4, 0.5) is 4.79 Å². The van der Waals surface area contributed by atoms with E-state index in [2.05, 4.69) is 17.4 Å². The molecule has 0 saturated heterocycles. The van der Waals surface area contributed by atoms with Crippen LogP contribution in [0.3, 0.4) is 0 Å². The van der Waals surface area contributed by atoms with Crippen LogP contribution in [0.2, 0.25) is 0 Å². The topological polar surface area (TPSA) is 95.9 Å². The van der Waals surface area contributed by atoms with Crippen molar-refractivity contribution in [2.24, 2.45) is 0 Å². The van der Waals surface area contributed by atoms with Gasteiger partial charge in [-0.15, -0.1) is 0 Å². The molecule has 0 saturated carbocycles. The number of hydrogen-bond donors (Lipinski definition) is 2.